The van der Waals surface area contributed by atoms with Crippen molar-refractivity contribution < 1.29 is 20.1 Å². The van der Waals surface area contributed by atoms with Crippen LogP contribution in [0.4, 0.5) is 0 Å². The Balaban J connectivity index is 1.39. The molecule has 5 fully saturated rings. The first-order valence-corrected chi connectivity index (χ1v) is 12.3. The lowest BCUT2D eigenvalue weighted by molar-refractivity contribution is -0.174. The fourth-order valence-corrected chi connectivity index (χ4v) is 9.48. The van der Waals surface area contributed by atoms with Crippen molar-refractivity contribution in [1.82, 2.24) is 0 Å². The second-order valence-electron chi connectivity index (χ2n) is 12.2. The van der Waals surface area contributed by atoms with Gasteiger partial charge in [0.2, 0.25) is 0 Å². The molecule has 0 aromatic carbocycles. The summed E-state index contributed by atoms with van der Waals surface area (Å²) >= 11 is 0. The lowest BCUT2D eigenvalue weighted by Crippen LogP contribution is -2.58. The minimum Gasteiger partial charge on any atom is -0.481 e. The van der Waals surface area contributed by atoms with E-state index in [0.29, 0.717) is 41.4 Å². The lowest BCUT2D eigenvalue weighted by Gasteiger charge is -2.62. The molecule has 0 heterocycles. The second-order valence-corrected chi connectivity index (χ2v) is 12.2. The number of aliphatic carboxylic acids is 1. The van der Waals surface area contributed by atoms with Crippen molar-refractivity contribution in [3.8, 4) is 0 Å². The Morgan fingerprint density at radius 1 is 0.931 bits per heavy atom. The zero-order chi connectivity index (χ0) is 20.7. The van der Waals surface area contributed by atoms with E-state index in [0.717, 1.165) is 32.1 Å². The molecule has 0 aliphatic heterocycles. The third-order valence-corrected chi connectivity index (χ3v) is 11.2. The molecule has 0 saturated heterocycles. The maximum atomic E-state index is 11.4. The van der Waals surface area contributed by atoms with Crippen LogP contribution < -0.4 is 0 Å². The second kappa shape index (κ2) is 6.69. The standard InChI is InChI=1S/C25H40O4/c1-13(16-12-17(16)23(28)29)18-4-5-19-22-20(7-9-25(18,19)3)24(2)8-6-15(26)10-14(24)11-21(22)27/h13-22,26-27H,4-12H2,1-3H3,(H,28,29)/t13-,14?,15-,16+,17+,18-,19+,20+,21+,22+,24+,25-/m1/s1. The number of hydrogen-bond donors (Lipinski definition) is 3. The van der Waals surface area contributed by atoms with Crippen molar-refractivity contribution in [2.24, 2.45) is 58.2 Å². The normalized spacial score (nSPS) is 57.3. The van der Waals surface area contributed by atoms with Crippen LogP contribution in [0.2, 0.25) is 0 Å². The van der Waals surface area contributed by atoms with Crippen LogP contribution in [0.15, 0.2) is 0 Å². The Morgan fingerprint density at radius 2 is 1.62 bits per heavy atom. The average Bonchev–Trinajstić information content (AvgIpc) is 3.39. The average molecular weight is 405 g/mol. The van der Waals surface area contributed by atoms with Gasteiger partial charge in [0.1, 0.15) is 0 Å². The van der Waals surface area contributed by atoms with Crippen molar-refractivity contribution in [2.75, 3.05) is 0 Å². The van der Waals surface area contributed by atoms with Gasteiger partial charge in [0.15, 0.2) is 0 Å². The number of carboxylic acids is 1. The predicted octanol–water partition coefficient (Wildman–Crippen LogP) is 4.33. The van der Waals surface area contributed by atoms with Gasteiger partial charge in [-0.15, -0.1) is 0 Å². The topological polar surface area (TPSA) is 77.8 Å². The Morgan fingerprint density at radius 3 is 2.31 bits per heavy atom. The Hall–Kier alpha value is -0.610. The van der Waals surface area contributed by atoms with Gasteiger partial charge in [-0.25, -0.2) is 0 Å². The van der Waals surface area contributed by atoms with Gasteiger partial charge >= 0.3 is 5.97 Å². The molecule has 4 heteroatoms. The summed E-state index contributed by atoms with van der Waals surface area (Å²) in [6.07, 6.45) is 9.08. The lowest BCUT2D eigenvalue weighted by atomic mass is 9.43. The van der Waals surface area contributed by atoms with Crippen LogP contribution in [0.5, 0.6) is 0 Å². The number of rotatable bonds is 3. The summed E-state index contributed by atoms with van der Waals surface area (Å²) in [6, 6.07) is 0. The largest absolute Gasteiger partial charge is 0.481 e. The van der Waals surface area contributed by atoms with Crippen molar-refractivity contribution in [1.29, 1.82) is 0 Å². The highest BCUT2D eigenvalue weighted by Gasteiger charge is 2.64. The number of fused-ring (bicyclic) bond motifs is 5. The van der Waals surface area contributed by atoms with Gasteiger partial charge in [0.05, 0.1) is 18.1 Å². The summed E-state index contributed by atoms with van der Waals surface area (Å²) in [5.74, 6) is 2.76. The predicted molar refractivity (Wildman–Crippen MR) is 111 cm³/mol. The van der Waals surface area contributed by atoms with E-state index in [1.165, 1.54) is 25.7 Å². The Kier molecular flexibility index (Phi) is 4.68. The fraction of sp³-hybridized carbons (Fsp3) is 0.960. The van der Waals surface area contributed by atoms with E-state index in [4.69, 9.17) is 0 Å². The minimum atomic E-state index is -0.605. The van der Waals surface area contributed by atoms with Gasteiger partial charge in [-0.1, -0.05) is 20.8 Å². The first kappa shape index (κ1) is 20.3. The summed E-state index contributed by atoms with van der Waals surface area (Å²) in [5.41, 5.74) is 0.531. The molecule has 0 radical (unpaired) electrons. The zero-order valence-electron chi connectivity index (χ0n) is 18.4. The van der Waals surface area contributed by atoms with E-state index in [9.17, 15) is 20.1 Å². The number of hydrogen-bond acceptors (Lipinski definition) is 3. The van der Waals surface area contributed by atoms with Crippen molar-refractivity contribution in [3.05, 3.63) is 0 Å². The fourth-order valence-electron chi connectivity index (χ4n) is 9.48. The van der Waals surface area contributed by atoms with Crippen LogP contribution in [0.1, 0.15) is 78.6 Å². The molecule has 5 saturated carbocycles. The van der Waals surface area contributed by atoms with Crippen molar-refractivity contribution in [3.63, 3.8) is 0 Å². The highest BCUT2D eigenvalue weighted by atomic mass is 16.4. The van der Waals surface area contributed by atoms with E-state index in [1.807, 2.05) is 0 Å². The maximum absolute atomic E-state index is 11.4. The van der Waals surface area contributed by atoms with Gasteiger partial charge in [-0.05, 0) is 110 Å². The number of aliphatic hydroxyl groups excluding tert-OH is 2. The first-order valence-electron chi connectivity index (χ1n) is 12.3. The summed E-state index contributed by atoms with van der Waals surface area (Å²) in [5, 5.41) is 30.9. The summed E-state index contributed by atoms with van der Waals surface area (Å²) < 4.78 is 0. The molecule has 4 nitrogen and oxygen atoms in total. The molecular weight excluding hydrogens is 364 g/mol. The van der Waals surface area contributed by atoms with Gasteiger partial charge in [0.25, 0.3) is 0 Å². The van der Waals surface area contributed by atoms with Crippen LogP contribution in [-0.4, -0.2) is 33.5 Å². The van der Waals surface area contributed by atoms with Crippen molar-refractivity contribution in [2.45, 2.75) is 90.8 Å². The van der Waals surface area contributed by atoms with E-state index in [2.05, 4.69) is 20.8 Å². The van der Waals surface area contributed by atoms with Crippen molar-refractivity contribution >= 4 is 5.97 Å². The number of carboxylic acid groups (broad SMARTS) is 1. The Labute approximate surface area is 175 Å². The summed E-state index contributed by atoms with van der Waals surface area (Å²) in [7, 11) is 0. The molecule has 164 valence electrons. The van der Waals surface area contributed by atoms with Gasteiger partial charge < -0.3 is 15.3 Å². The van der Waals surface area contributed by atoms with Crippen LogP contribution in [0, 0.1) is 58.2 Å². The van der Waals surface area contributed by atoms with Crippen LogP contribution in [0.25, 0.3) is 0 Å². The summed E-state index contributed by atoms with van der Waals surface area (Å²) in [4.78, 5) is 11.4. The Bertz CT molecular complexity index is 678. The van der Waals surface area contributed by atoms with E-state index in [-0.39, 0.29) is 29.0 Å². The first-order chi connectivity index (χ1) is 13.7. The third-order valence-electron chi connectivity index (χ3n) is 11.2. The van der Waals surface area contributed by atoms with Gasteiger partial charge in [-0.2, -0.15) is 0 Å². The van der Waals surface area contributed by atoms with E-state index < -0.39 is 5.97 Å². The third kappa shape index (κ3) is 2.87. The molecule has 3 N–H and O–H groups in total. The van der Waals surface area contributed by atoms with Crippen LogP contribution in [-0.2, 0) is 4.79 Å². The maximum Gasteiger partial charge on any atom is 0.306 e. The highest BCUT2D eigenvalue weighted by molar-refractivity contribution is 5.73. The smallest absolute Gasteiger partial charge is 0.306 e. The van der Waals surface area contributed by atoms with Crippen LogP contribution in [0.3, 0.4) is 0 Å². The van der Waals surface area contributed by atoms with Crippen LogP contribution >= 0.6 is 0 Å². The van der Waals surface area contributed by atoms with Gasteiger partial charge in [-0.3, -0.25) is 4.79 Å². The number of carbonyl (C=O) groups is 1. The summed E-state index contributed by atoms with van der Waals surface area (Å²) in [6.45, 7) is 7.26. The number of aliphatic hydroxyl groups is 2. The molecule has 0 spiro atoms. The SMILES string of the molecule is C[C@H]([C@@H]1C[C@@H]1C(=O)O)[C@H]1CC[C@H]2[C@@H]3[C@@H](O)CC4C[C@H](O)CC[C@]4(C)[C@H]3CC[C@]12C. The molecule has 0 amide bonds. The molecular formula is C25H40O4. The molecule has 29 heavy (non-hydrogen) atoms. The molecule has 12 atom stereocenters. The molecule has 5 aliphatic rings. The molecule has 0 bridgehead atoms. The van der Waals surface area contributed by atoms with E-state index in [1.54, 1.807) is 0 Å². The van der Waals surface area contributed by atoms with Gasteiger partial charge in [0, 0.05) is 0 Å². The minimum absolute atomic E-state index is 0.113. The molecule has 0 aromatic heterocycles. The molecule has 0 aromatic rings. The monoisotopic (exact) mass is 404 g/mol. The highest BCUT2D eigenvalue weighted by Crippen LogP contribution is 2.69. The molecule has 1 unspecified atom stereocenters. The van der Waals surface area contributed by atoms with E-state index >= 15 is 0 Å². The molecule has 5 rings (SSSR count). The molecule has 5 aliphatic carbocycles. The zero-order valence-corrected chi connectivity index (χ0v) is 18.4. The quantitative estimate of drug-likeness (QED) is 0.654.